The van der Waals surface area contributed by atoms with Gasteiger partial charge < -0.3 is 15.6 Å². The fourth-order valence-corrected chi connectivity index (χ4v) is 3.97. The van der Waals surface area contributed by atoms with E-state index in [0.29, 0.717) is 27.8 Å². The smallest absolute Gasteiger partial charge is 0.257 e. The van der Waals surface area contributed by atoms with Crippen molar-refractivity contribution in [3.05, 3.63) is 59.4 Å². The van der Waals surface area contributed by atoms with Gasteiger partial charge in [-0.2, -0.15) is 0 Å². The Morgan fingerprint density at radius 3 is 2.44 bits per heavy atom. The lowest BCUT2D eigenvalue weighted by molar-refractivity contribution is 0.0977. The van der Waals surface area contributed by atoms with Gasteiger partial charge in [0, 0.05) is 41.1 Å². The summed E-state index contributed by atoms with van der Waals surface area (Å²) in [6.45, 7) is 8.03. The number of nitrogens with one attached hydrogen (secondary N) is 1. The lowest BCUT2D eigenvalue weighted by Crippen LogP contribution is -2.29. The molecule has 9 heteroatoms. The molecule has 0 aliphatic heterocycles. The summed E-state index contributed by atoms with van der Waals surface area (Å²) in [4.78, 5) is 30.3. The zero-order valence-corrected chi connectivity index (χ0v) is 20.5. The predicted molar refractivity (Wildman–Crippen MR) is 137 cm³/mol. The third kappa shape index (κ3) is 4.49. The van der Waals surface area contributed by atoms with Gasteiger partial charge in [-0.1, -0.05) is 17.7 Å². The lowest BCUT2D eigenvalue weighted by Gasteiger charge is -2.25. The Morgan fingerprint density at radius 1 is 1.09 bits per heavy atom. The van der Waals surface area contributed by atoms with Gasteiger partial charge in [-0.25, -0.2) is 15.0 Å². The van der Waals surface area contributed by atoms with Crippen LogP contribution in [0.4, 0.5) is 5.95 Å². The van der Waals surface area contributed by atoms with Crippen molar-refractivity contribution in [1.82, 2.24) is 24.8 Å². The van der Waals surface area contributed by atoms with E-state index in [-0.39, 0.29) is 17.4 Å². The van der Waals surface area contributed by atoms with Gasteiger partial charge in [0.1, 0.15) is 5.82 Å². The Kier molecular flexibility index (Phi) is 6.10. The second-order valence-corrected chi connectivity index (χ2v) is 9.36. The second kappa shape index (κ2) is 8.87. The molecule has 0 bridgehead atoms. The summed E-state index contributed by atoms with van der Waals surface area (Å²) in [5.74, 6) is 1.10. The number of aliphatic imine (C=N–C) groups is 1. The number of amides is 1. The van der Waals surface area contributed by atoms with E-state index in [4.69, 9.17) is 22.3 Å². The minimum atomic E-state index is -0.315. The maximum atomic E-state index is 13.1. The maximum Gasteiger partial charge on any atom is 0.257 e. The largest absolute Gasteiger partial charge is 0.368 e. The Morgan fingerprint density at radius 2 is 1.79 bits per heavy atom. The first kappa shape index (κ1) is 23.4. The van der Waals surface area contributed by atoms with Gasteiger partial charge in [0.2, 0.25) is 5.95 Å². The molecule has 0 saturated heterocycles. The van der Waals surface area contributed by atoms with Gasteiger partial charge in [0.15, 0.2) is 0 Å². The molecule has 0 aliphatic rings. The monoisotopic (exact) mass is 475 g/mol. The first-order chi connectivity index (χ1) is 16.1. The summed E-state index contributed by atoms with van der Waals surface area (Å²) < 4.78 is 2.13. The molecule has 2 heterocycles. The molecule has 0 unspecified atom stereocenters. The van der Waals surface area contributed by atoms with Crippen LogP contribution in [0, 0.1) is 0 Å². The second-order valence-electron chi connectivity index (χ2n) is 8.93. The number of carbonyl (C=O) groups excluding carboxylic acids is 1. The normalized spacial score (nSPS) is 12.2. The molecule has 4 rings (SSSR count). The minimum Gasteiger partial charge on any atom is -0.368 e. The Bertz CT molecular complexity index is 1420. The molecule has 0 atom stereocenters. The van der Waals surface area contributed by atoms with E-state index < -0.39 is 0 Å². The summed E-state index contributed by atoms with van der Waals surface area (Å²) >= 11 is 6.27. The minimum absolute atomic E-state index is 0.223. The highest BCUT2D eigenvalue weighted by Gasteiger charge is 2.26. The van der Waals surface area contributed by atoms with E-state index >= 15 is 0 Å². The third-order valence-corrected chi connectivity index (χ3v) is 5.66. The molecule has 0 radical (unpaired) electrons. The van der Waals surface area contributed by atoms with E-state index in [1.54, 1.807) is 38.5 Å². The van der Waals surface area contributed by atoms with Crippen molar-refractivity contribution in [3.8, 4) is 22.5 Å². The molecule has 174 valence electrons. The van der Waals surface area contributed by atoms with Gasteiger partial charge in [0.25, 0.3) is 5.91 Å². The van der Waals surface area contributed by atoms with Crippen LogP contribution >= 0.6 is 11.6 Å². The van der Waals surface area contributed by atoms with Crippen molar-refractivity contribution in [3.63, 3.8) is 0 Å². The zero-order valence-electron chi connectivity index (χ0n) is 19.7. The first-order valence-electron chi connectivity index (χ1n) is 10.7. The molecule has 8 nitrogen and oxygen atoms in total. The molecule has 1 amide bonds. The number of hydrogen-bond acceptors (Lipinski definition) is 6. The summed E-state index contributed by atoms with van der Waals surface area (Å²) in [7, 11) is 1.62. The standard InChI is InChI=1S/C25H26ClN7O/c1-14(28-5)31-23(34)19-11-17(26)7-8-18(19)22-32-20-10-15(16-12-29-24(27)30-13-16)6-9-21(20)33(22)25(2,3)4/h6-13H,1-5H3,(H2,27,29,30)(H,28,31,34). The van der Waals surface area contributed by atoms with Crippen LogP contribution in [0.2, 0.25) is 5.02 Å². The van der Waals surface area contributed by atoms with E-state index in [0.717, 1.165) is 22.2 Å². The summed E-state index contributed by atoms with van der Waals surface area (Å²) in [5, 5.41) is 3.26. The predicted octanol–water partition coefficient (Wildman–Crippen LogP) is 4.93. The van der Waals surface area contributed by atoms with E-state index in [9.17, 15) is 4.79 Å². The Hall–Kier alpha value is -3.78. The molecule has 0 aliphatic carbocycles. The number of rotatable bonds is 3. The molecule has 2 aromatic heterocycles. The molecule has 4 aromatic rings. The molecule has 0 spiro atoms. The van der Waals surface area contributed by atoms with Crippen molar-refractivity contribution >= 4 is 40.3 Å². The number of hydrogen-bond donors (Lipinski definition) is 2. The van der Waals surface area contributed by atoms with Crippen molar-refractivity contribution in [2.75, 3.05) is 12.8 Å². The number of nitrogens with zero attached hydrogens (tertiary/aromatic N) is 5. The molecular formula is C25H26ClN7O. The highest BCUT2D eigenvalue weighted by atomic mass is 35.5. The number of nitrogens with two attached hydrogens (primary N) is 1. The summed E-state index contributed by atoms with van der Waals surface area (Å²) in [5.41, 5.74) is 9.89. The van der Waals surface area contributed by atoms with Crippen molar-refractivity contribution in [2.45, 2.75) is 33.2 Å². The van der Waals surface area contributed by atoms with Crippen LogP contribution in [-0.2, 0) is 5.54 Å². The third-order valence-electron chi connectivity index (χ3n) is 5.43. The van der Waals surface area contributed by atoms with E-state index in [2.05, 4.69) is 45.6 Å². The molecule has 2 aromatic carbocycles. The van der Waals surface area contributed by atoms with E-state index in [1.165, 1.54) is 0 Å². The topological polar surface area (TPSA) is 111 Å². The molecule has 0 fully saturated rings. The number of carbonyl (C=O) groups is 1. The number of amidine groups is 1. The highest BCUT2D eigenvalue weighted by molar-refractivity contribution is 6.31. The van der Waals surface area contributed by atoms with Crippen LogP contribution in [0.5, 0.6) is 0 Å². The number of halogens is 1. The number of fused-ring (bicyclic) bond motifs is 1. The van der Waals surface area contributed by atoms with Crippen LogP contribution in [0.3, 0.4) is 0 Å². The Labute approximate surface area is 202 Å². The number of benzene rings is 2. The molecule has 34 heavy (non-hydrogen) atoms. The maximum absolute atomic E-state index is 13.1. The summed E-state index contributed by atoms with van der Waals surface area (Å²) in [6.07, 6.45) is 3.37. The molecule has 3 N–H and O–H groups in total. The van der Waals surface area contributed by atoms with Gasteiger partial charge in [-0.3, -0.25) is 9.79 Å². The van der Waals surface area contributed by atoms with Crippen molar-refractivity contribution in [1.29, 1.82) is 0 Å². The van der Waals surface area contributed by atoms with Gasteiger partial charge >= 0.3 is 0 Å². The van der Waals surface area contributed by atoms with Crippen LogP contribution in [0.25, 0.3) is 33.5 Å². The Balaban J connectivity index is 1.94. The van der Waals surface area contributed by atoms with E-state index in [1.807, 2.05) is 24.3 Å². The van der Waals surface area contributed by atoms with Gasteiger partial charge in [-0.05, 0) is 63.6 Å². The van der Waals surface area contributed by atoms with Crippen LogP contribution in [0.1, 0.15) is 38.1 Å². The number of nitrogen functional groups attached to an aromatic ring is 1. The van der Waals surface area contributed by atoms with Crippen molar-refractivity contribution in [2.24, 2.45) is 4.99 Å². The summed E-state index contributed by atoms with van der Waals surface area (Å²) in [6, 6.07) is 11.2. The fraction of sp³-hybridized carbons (Fsp3) is 0.240. The first-order valence-corrected chi connectivity index (χ1v) is 11.1. The number of aromatic nitrogens is 4. The lowest BCUT2D eigenvalue weighted by atomic mass is 10.0. The SMILES string of the molecule is CN=C(C)NC(=O)c1cc(Cl)ccc1-c1nc2cc(-c3cnc(N)nc3)ccc2n1C(C)(C)C. The van der Waals surface area contributed by atoms with Crippen LogP contribution in [0.15, 0.2) is 53.8 Å². The average molecular weight is 476 g/mol. The quantitative estimate of drug-likeness (QED) is 0.322. The van der Waals surface area contributed by atoms with Crippen LogP contribution < -0.4 is 11.1 Å². The van der Waals surface area contributed by atoms with Crippen LogP contribution in [-0.4, -0.2) is 38.3 Å². The average Bonchev–Trinajstić information content (AvgIpc) is 3.18. The highest BCUT2D eigenvalue weighted by Crippen LogP contribution is 2.35. The zero-order chi connectivity index (χ0) is 24.6. The van der Waals surface area contributed by atoms with Gasteiger partial charge in [0.05, 0.1) is 22.4 Å². The number of anilines is 1. The fourth-order valence-electron chi connectivity index (χ4n) is 3.79. The van der Waals surface area contributed by atoms with Gasteiger partial charge in [-0.15, -0.1) is 0 Å². The molecule has 0 saturated carbocycles. The molecular weight excluding hydrogens is 450 g/mol. The van der Waals surface area contributed by atoms with Crippen molar-refractivity contribution < 1.29 is 4.79 Å². The number of imidazole rings is 1.